The van der Waals surface area contributed by atoms with Crippen molar-refractivity contribution in [1.82, 2.24) is 15.2 Å². The van der Waals surface area contributed by atoms with Crippen LogP contribution in [0.5, 0.6) is 0 Å². The number of esters is 1. The molecule has 0 unspecified atom stereocenters. The van der Waals surface area contributed by atoms with E-state index in [4.69, 9.17) is 11.6 Å². The van der Waals surface area contributed by atoms with Crippen LogP contribution < -0.4 is 0 Å². The monoisotopic (exact) mass is 187 g/mol. The third kappa shape index (κ3) is 2.35. The van der Waals surface area contributed by atoms with E-state index in [0.717, 1.165) is 0 Å². The van der Waals surface area contributed by atoms with Gasteiger partial charge >= 0.3 is 5.97 Å². The fourth-order valence-electron chi connectivity index (χ4n) is 0.539. The van der Waals surface area contributed by atoms with Gasteiger partial charge in [0.15, 0.2) is 5.82 Å². The smallest absolute Gasteiger partial charge is 0.330 e. The Kier molecular flexibility index (Phi) is 2.82. The van der Waals surface area contributed by atoms with Gasteiger partial charge in [-0.1, -0.05) is 0 Å². The third-order valence-electron chi connectivity index (χ3n) is 1.05. The molecule has 0 aromatic carbocycles. The second-order valence-corrected chi connectivity index (χ2v) is 2.20. The number of nitrogens with zero attached hydrogens (tertiary/aromatic N) is 2. The highest BCUT2D eigenvalue weighted by Crippen LogP contribution is 2.00. The maximum Gasteiger partial charge on any atom is 0.330 e. The van der Waals surface area contributed by atoms with E-state index in [0.29, 0.717) is 5.82 Å². The maximum atomic E-state index is 10.6. The van der Waals surface area contributed by atoms with Crippen molar-refractivity contribution < 1.29 is 9.53 Å². The van der Waals surface area contributed by atoms with Gasteiger partial charge in [-0.3, -0.25) is 0 Å². The Morgan fingerprint density at radius 3 is 3.00 bits per heavy atom. The van der Waals surface area contributed by atoms with Crippen LogP contribution in [0.25, 0.3) is 6.08 Å². The highest BCUT2D eigenvalue weighted by atomic mass is 35.5. The average molecular weight is 188 g/mol. The van der Waals surface area contributed by atoms with Gasteiger partial charge in [0.1, 0.15) is 0 Å². The topological polar surface area (TPSA) is 67.9 Å². The zero-order valence-electron chi connectivity index (χ0n) is 6.24. The van der Waals surface area contributed by atoms with E-state index in [-0.39, 0.29) is 5.28 Å². The first-order valence-electron chi connectivity index (χ1n) is 3.06. The van der Waals surface area contributed by atoms with Gasteiger partial charge in [0.05, 0.1) is 7.11 Å². The number of carbonyl (C=O) groups is 1. The summed E-state index contributed by atoms with van der Waals surface area (Å²) in [5.74, 6) is -0.124. The highest BCUT2D eigenvalue weighted by Gasteiger charge is 1.96. The van der Waals surface area contributed by atoms with Crippen LogP contribution in [-0.2, 0) is 9.53 Å². The largest absolute Gasteiger partial charge is 0.466 e. The molecule has 1 N–H and O–H groups in total. The summed E-state index contributed by atoms with van der Waals surface area (Å²) in [6.07, 6.45) is 2.60. The van der Waals surface area contributed by atoms with Crippen LogP contribution in [-0.4, -0.2) is 28.3 Å². The summed E-state index contributed by atoms with van der Waals surface area (Å²) >= 11 is 5.43. The number of nitrogens with one attached hydrogen (secondary N) is 1. The summed E-state index contributed by atoms with van der Waals surface area (Å²) in [6.45, 7) is 0. The molecular weight excluding hydrogens is 182 g/mol. The van der Waals surface area contributed by atoms with Gasteiger partial charge in [0, 0.05) is 6.08 Å². The summed E-state index contributed by atoms with van der Waals surface area (Å²) in [7, 11) is 1.29. The number of aromatic nitrogens is 3. The van der Waals surface area contributed by atoms with Gasteiger partial charge in [-0.25, -0.2) is 9.89 Å². The first kappa shape index (κ1) is 8.73. The Morgan fingerprint density at radius 2 is 2.50 bits per heavy atom. The number of H-pyrrole nitrogens is 1. The molecule has 0 spiro atoms. The third-order valence-corrected chi connectivity index (χ3v) is 1.21. The van der Waals surface area contributed by atoms with Gasteiger partial charge < -0.3 is 4.74 Å². The molecule has 0 aliphatic heterocycles. The summed E-state index contributed by atoms with van der Waals surface area (Å²) < 4.78 is 4.35. The SMILES string of the molecule is COC(=O)/C=C/c1n[nH]c(Cl)n1. The molecule has 1 aromatic rings. The molecule has 0 saturated carbocycles. The number of carbonyl (C=O) groups excluding carboxylic acids is 1. The van der Waals surface area contributed by atoms with E-state index in [1.54, 1.807) is 0 Å². The summed E-state index contributed by atoms with van der Waals surface area (Å²) in [6, 6.07) is 0. The van der Waals surface area contributed by atoms with E-state index in [2.05, 4.69) is 19.9 Å². The Labute approximate surface area is 73.4 Å². The highest BCUT2D eigenvalue weighted by molar-refractivity contribution is 6.28. The molecule has 0 fully saturated rings. The van der Waals surface area contributed by atoms with Gasteiger partial charge in [-0.2, -0.15) is 10.1 Å². The molecule has 0 atom stereocenters. The fraction of sp³-hybridized carbons (Fsp3) is 0.167. The zero-order chi connectivity index (χ0) is 8.97. The summed E-state index contributed by atoms with van der Waals surface area (Å²) in [5, 5.41) is 6.25. The minimum atomic E-state index is -0.462. The lowest BCUT2D eigenvalue weighted by Crippen LogP contribution is -1.93. The first-order valence-corrected chi connectivity index (χ1v) is 3.44. The van der Waals surface area contributed by atoms with E-state index in [1.807, 2.05) is 0 Å². The quantitative estimate of drug-likeness (QED) is 0.545. The second kappa shape index (κ2) is 3.87. The van der Waals surface area contributed by atoms with Crippen LogP contribution in [0.4, 0.5) is 0 Å². The number of rotatable bonds is 2. The zero-order valence-corrected chi connectivity index (χ0v) is 7.00. The van der Waals surface area contributed by atoms with Crippen LogP contribution >= 0.6 is 11.6 Å². The normalized spacial score (nSPS) is 10.5. The Morgan fingerprint density at radius 1 is 1.75 bits per heavy atom. The number of hydrogen-bond donors (Lipinski definition) is 1. The Balaban J connectivity index is 2.63. The number of hydrogen-bond acceptors (Lipinski definition) is 4. The molecule has 12 heavy (non-hydrogen) atoms. The minimum Gasteiger partial charge on any atom is -0.466 e. The summed E-state index contributed by atoms with van der Waals surface area (Å²) in [4.78, 5) is 14.3. The average Bonchev–Trinajstić information content (AvgIpc) is 2.47. The van der Waals surface area contributed by atoms with E-state index < -0.39 is 5.97 Å². The molecule has 0 amide bonds. The van der Waals surface area contributed by atoms with Crippen molar-refractivity contribution >= 4 is 23.6 Å². The van der Waals surface area contributed by atoms with Crippen LogP contribution in [0.1, 0.15) is 5.82 Å². The van der Waals surface area contributed by atoms with Crippen LogP contribution in [0, 0.1) is 0 Å². The van der Waals surface area contributed by atoms with Crippen molar-refractivity contribution in [2.24, 2.45) is 0 Å². The molecule has 0 aliphatic rings. The molecule has 0 aliphatic carbocycles. The van der Waals surface area contributed by atoms with Crippen molar-refractivity contribution in [3.8, 4) is 0 Å². The Bertz CT molecular complexity index is 307. The van der Waals surface area contributed by atoms with Crippen LogP contribution in [0.15, 0.2) is 6.08 Å². The lowest BCUT2D eigenvalue weighted by molar-refractivity contribution is -0.134. The van der Waals surface area contributed by atoms with Gasteiger partial charge in [0.25, 0.3) is 0 Å². The fourth-order valence-corrected chi connectivity index (χ4v) is 0.668. The number of methoxy groups -OCH3 is 1. The number of halogens is 1. The molecule has 0 radical (unpaired) electrons. The summed E-state index contributed by atoms with van der Waals surface area (Å²) in [5.41, 5.74) is 0. The van der Waals surface area contributed by atoms with Crippen molar-refractivity contribution in [1.29, 1.82) is 0 Å². The molecule has 1 aromatic heterocycles. The Hall–Kier alpha value is -1.36. The van der Waals surface area contributed by atoms with Crippen molar-refractivity contribution in [2.75, 3.05) is 7.11 Å². The predicted octanol–water partition coefficient (Wildman–Crippen LogP) is 0.644. The van der Waals surface area contributed by atoms with Gasteiger partial charge in [0.2, 0.25) is 5.28 Å². The van der Waals surface area contributed by atoms with Crippen molar-refractivity contribution in [3.05, 3.63) is 17.2 Å². The molecule has 5 nitrogen and oxygen atoms in total. The van der Waals surface area contributed by atoms with Crippen molar-refractivity contribution in [2.45, 2.75) is 0 Å². The molecule has 0 saturated heterocycles. The van der Waals surface area contributed by atoms with Gasteiger partial charge in [-0.15, -0.1) is 0 Å². The molecular formula is C6H6ClN3O2. The van der Waals surface area contributed by atoms with E-state index in [9.17, 15) is 4.79 Å². The van der Waals surface area contributed by atoms with E-state index >= 15 is 0 Å². The molecule has 1 heterocycles. The molecule has 1 rings (SSSR count). The van der Waals surface area contributed by atoms with E-state index in [1.165, 1.54) is 19.3 Å². The van der Waals surface area contributed by atoms with Crippen LogP contribution in [0.2, 0.25) is 5.28 Å². The second-order valence-electron chi connectivity index (χ2n) is 1.84. The molecule has 6 heteroatoms. The lowest BCUT2D eigenvalue weighted by atomic mass is 10.5. The first-order chi connectivity index (χ1) is 5.72. The lowest BCUT2D eigenvalue weighted by Gasteiger charge is -1.86. The maximum absolute atomic E-state index is 10.6. The van der Waals surface area contributed by atoms with Crippen molar-refractivity contribution in [3.63, 3.8) is 0 Å². The molecule has 0 bridgehead atoms. The number of aromatic amines is 1. The van der Waals surface area contributed by atoms with Gasteiger partial charge in [-0.05, 0) is 17.7 Å². The van der Waals surface area contributed by atoms with Crippen LogP contribution in [0.3, 0.4) is 0 Å². The minimum absolute atomic E-state index is 0.180. The standard InChI is InChI=1S/C6H6ClN3O2/c1-12-5(11)3-2-4-8-6(7)10-9-4/h2-3H,1H3,(H,8,9,10)/b3-2+. The number of ether oxygens (including phenoxy) is 1. The predicted molar refractivity (Wildman–Crippen MR) is 42.4 cm³/mol. The molecule has 64 valence electrons.